The molecule has 0 saturated carbocycles. The van der Waals surface area contributed by atoms with Gasteiger partial charge in [-0.05, 0) is 55.2 Å². The van der Waals surface area contributed by atoms with E-state index in [1.54, 1.807) is 54.5 Å². The second-order valence-corrected chi connectivity index (χ2v) is 9.21. The maximum Gasteiger partial charge on any atom is 0.299 e. The van der Waals surface area contributed by atoms with Crippen molar-refractivity contribution in [1.29, 1.82) is 0 Å². The fourth-order valence-corrected chi connectivity index (χ4v) is 5.18. The van der Waals surface area contributed by atoms with Gasteiger partial charge in [0.05, 0.1) is 18.7 Å². The fraction of sp³-hybridized carbons (Fsp3) is 0.286. The minimum absolute atomic E-state index is 0.00540. The first-order chi connectivity index (χ1) is 17.9. The van der Waals surface area contributed by atoms with E-state index in [0.29, 0.717) is 48.6 Å². The number of hydrogen-bond donors (Lipinski definition) is 1. The maximum absolute atomic E-state index is 13.4. The molecule has 2 amide bonds. The number of Topliss-reactive ketones (excluding diaryl/α,β-unsaturated/α-hetero) is 1. The van der Waals surface area contributed by atoms with E-state index >= 15 is 0 Å². The minimum atomic E-state index is -0.729. The molecule has 2 aromatic carbocycles. The van der Waals surface area contributed by atoms with Crippen LogP contribution in [-0.4, -0.2) is 59.0 Å². The predicted octanol–water partition coefficient (Wildman–Crippen LogP) is 3.86. The number of rotatable bonds is 5. The van der Waals surface area contributed by atoms with Crippen LogP contribution in [0.25, 0.3) is 17.0 Å². The van der Waals surface area contributed by atoms with Crippen molar-refractivity contribution in [2.45, 2.75) is 25.8 Å². The summed E-state index contributed by atoms with van der Waals surface area (Å²) >= 11 is 0. The van der Waals surface area contributed by atoms with Gasteiger partial charge in [0, 0.05) is 42.9 Å². The highest BCUT2D eigenvalue weighted by atomic mass is 16.5. The second kappa shape index (κ2) is 9.93. The number of methoxy groups -OCH3 is 1. The van der Waals surface area contributed by atoms with Gasteiger partial charge in [0.15, 0.2) is 0 Å². The van der Waals surface area contributed by atoms with E-state index in [2.05, 4.69) is 5.16 Å². The number of piperidine rings is 1. The number of ketones is 1. The third kappa shape index (κ3) is 4.48. The highest BCUT2D eigenvalue weighted by Crippen LogP contribution is 2.40. The van der Waals surface area contributed by atoms with E-state index in [9.17, 15) is 19.5 Å². The number of amides is 2. The number of carbonyl (C=O) groups excluding carboxylic acids is 3. The second-order valence-electron chi connectivity index (χ2n) is 9.21. The molecule has 5 rings (SSSR count). The number of likely N-dealkylation sites (tertiary alicyclic amines) is 1. The van der Waals surface area contributed by atoms with Gasteiger partial charge in [-0.25, -0.2) is 0 Å². The highest BCUT2D eigenvalue weighted by Gasteiger charge is 2.49. The fourth-order valence-electron chi connectivity index (χ4n) is 5.18. The van der Waals surface area contributed by atoms with Crippen LogP contribution < -0.4 is 9.64 Å². The smallest absolute Gasteiger partial charge is 0.299 e. The zero-order chi connectivity index (χ0) is 26.1. The molecular formula is C28H27N3O6. The van der Waals surface area contributed by atoms with Crippen LogP contribution in [0, 0.1) is 5.92 Å². The van der Waals surface area contributed by atoms with Crippen molar-refractivity contribution >= 4 is 29.0 Å². The van der Waals surface area contributed by atoms with Gasteiger partial charge >= 0.3 is 0 Å². The van der Waals surface area contributed by atoms with Gasteiger partial charge < -0.3 is 19.3 Å². The lowest BCUT2D eigenvalue weighted by molar-refractivity contribution is -0.132. The van der Waals surface area contributed by atoms with Crippen molar-refractivity contribution in [1.82, 2.24) is 10.1 Å². The van der Waals surface area contributed by atoms with Gasteiger partial charge in [-0.15, -0.1) is 0 Å². The molecule has 1 atom stereocenters. The SMILES string of the molecule is COc1ccc(C(O)=C2C(=O)C(=O)N(c3ccc(-c4ccon4)cc3)C2C2CCN(C(C)=O)CC2)cc1. The van der Waals surface area contributed by atoms with Crippen molar-refractivity contribution in [3.8, 4) is 17.0 Å². The summed E-state index contributed by atoms with van der Waals surface area (Å²) in [5.41, 5.74) is 2.50. The first-order valence-corrected chi connectivity index (χ1v) is 12.1. The molecule has 37 heavy (non-hydrogen) atoms. The van der Waals surface area contributed by atoms with Gasteiger partial charge in [0.1, 0.15) is 23.5 Å². The van der Waals surface area contributed by atoms with Gasteiger partial charge in [-0.3, -0.25) is 19.3 Å². The molecule has 0 bridgehead atoms. The molecule has 3 aromatic rings. The van der Waals surface area contributed by atoms with Crippen molar-refractivity contribution in [3.63, 3.8) is 0 Å². The average molecular weight is 502 g/mol. The minimum Gasteiger partial charge on any atom is -0.507 e. The van der Waals surface area contributed by atoms with Gasteiger partial charge in [-0.1, -0.05) is 17.3 Å². The number of aliphatic hydroxyl groups excluding tert-OH is 1. The monoisotopic (exact) mass is 501 g/mol. The number of hydrogen-bond acceptors (Lipinski definition) is 7. The lowest BCUT2D eigenvalue weighted by Gasteiger charge is -2.38. The molecule has 9 nitrogen and oxygen atoms in total. The normalized spacial score (nSPS) is 19.9. The number of aliphatic hydroxyl groups is 1. The quantitative estimate of drug-likeness (QED) is 0.321. The Morgan fingerprint density at radius 3 is 2.27 bits per heavy atom. The summed E-state index contributed by atoms with van der Waals surface area (Å²) in [6.07, 6.45) is 2.67. The zero-order valence-electron chi connectivity index (χ0n) is 20.6. The number of aromatic nitrogens is 1. The van der Waals surface area contributed by atoms with E-state index in [1.165, 1.54) is 18.1 Å². The summed E-state index contributed by atoms with van der Waals surface area (Å²) in [5, 5.41) is 15.2. The van der Waals surface area contributed by atoms with Crippen LogP contribution in [-0.2, 0) is 14.4 Å². The van der Waals surface area contributed by atoms with Gasteiger partial charge in [0.2, 0.25) is 5.91 Å². The van der Waals surface area contributed by atoms with E-state index in [4.69, 9.17) is 9.26 Å². The van der Waals surface area contributed by atoms with Crippen molar-refractivity contribution in [3.05, 3.63) is 72.0 Å². The Hall–Kier alpha value is -4.40. The summed E-state index contributed by atoms with van der Waals surface area (Å²) in [7, 11) is 1.54. The third-order valence-electron chi connectivity index (χ3n) is 7.16. The molecule has 2 fully saturated rings. The summed E-state index contributed by atoms with van der Waals surface area (Å²) in [5.74, 6) is -1.17. The van der Waals surface area contributed by atoms with Gasteiger partial charge in [0.25, 0.3) is 11.7 Å². The topological polar surface area (TPSA) is 113 Å². The summed E-state index contributed by atoms with van der Waals surface area (Å²) in [6.45, 7) is 2.58. The zero-order valence-corrected chi connectivity index (χ0v) is 20.6. The molecule has 0 aliphatic carbocycles. The van der Waals surface area contributed by atoms with E-state index in [0.717, 1.165) is 5.56 Å². The first-order valence-electron chi connectivity index (χ1n) is 12.1. The van der Waals surface area contributed by atoms with Crippen molar-refractivity contribution in [2.75, 3.05) is 25.1 Å². The molecule has 1 N–H and O–H groups in total. The predicted molar refractivity (Wildman–Crippen MR) is 136 cm³/mol. The summed E-state index contributed by atoms with van der Waals surface area (Å²) < 4.78 is 10.1. The van der Waals surface area contributed by atoms with Crippen LogP contribution in [0.15, 0.2) is 71.0 Å². The largest absolute Gasteiger partial charge is 0.507 e. The lowest BCUT2D eigenvalue weighted by atomic mass is 9.84. The standard InChI is InChI=1S/C28H27N3O6/c1-17(32)30-14-11-19(12-15-30)25-24(26(33)20-5-9-22(36-2)10-6-20)27(34)28(35)31(25)21-7-3-18(4-8-21)23-13-16-37-29-23/h3-10,13,16,19,25,33H,11-12,14-15H2,1-2H3. The van der Waals surface area contributed by atoms with E-state index in [-0.39, 0.29) is 23.2 Å². The highest BCUT2D eigenvalue weighted by molar-refractivity contribution is 6.51. The maximum atomic E-state index is 13.4. The lowest BCUT2D eigenvalue weighted by Crippen LogP contribution is -2.45. The molecule has 1 aromatic heterocycles. The van der Waals surface area contributed by atoms with E-state index < -0.39 is 17.7 Å². The number of benzene rings is 2. The first kappa shape index (κ1) is 24.3. The van der Waals surface area contributed by atoms with Crippen LogP contribution >= 0.6 is 0 Å². The molecule has 2 aliphatic heterocycles. The molecule has 3 heterocycles. The molecule has 0 radical (unpaired) electrons. The number of anilines is 1. The molecule has 2 aliphatic rings. The number of ether oxygens (including phenoxy) is 1. The summed E-state index contributed by atoms with van der Waals surface area (Å²) in [4.78, 5) is 41.9. The molecule has 1 unspecified atom stereocenters. The molecule has 2 saturated heterocycles. The molecule has 0 spiro atoms. The molecular weight excluding hydrogens is 474 g/mol. The molecule has 190 valence electrons. The van der Waals surface area contributed by atoms with Crippen LogP contribution in [0.3, 0.4) is 0 Å². The van der Waals surface area contributed by atoms with E-state index in [1.807, 2.05) is 12.1 Å². The van der Waals surface area contributed by atoms with Crippen LogP contribution in [0.5, 0.6) is 5.75 Å². The summed E-state index contributed by atoms with van der Waals surface area (Å²) in [6, 6.07) is 14.9. The van der Waals surface area contributed by atoms with Crippen molar-refractivity contribution < 1.29 is 28.8 Å². The average Bonchev–Trinajstić information content (AvgIpc) is 3.56. The number of carbonyl (C=O) groups is 3. The Labute approximate surface area is 213 Å². The molecule has 9 heteroatoms. The van der Waals surface area contributed by atoms with Crippen LogP contribution in [0.4, 0.5) is 5.69 Å². The third-order valence-corrected chi connectivity index (χ3v) is 7.16. The number of nitrogens with zero attached hydrogens (tertiary/aromatic N) is 3. The van der Waals surface area contributed by atoms with Crippen molar-refractivity contribution in [2.24, 2.45) is 5.92 Å². The Morgan fingerprint density at radius 2 is 1.70 bits per heavy atom. The Bertz CT molecular complexity index is 1340. The van der Waals surface area contributed by atoms with Crippen LogP contribution in [0.1, 0.15) is 25.3 Å². The van der Waals surface area contributed by atoms with Gasteiger partial charge in [-0.2, -0.15) is 0 Å². The van der Waals surface area contributed by atoms with Crippen LogP contribution in [0.2, 0.25) is 0 Å². The Kier molecular flexibility index (Phi) is 6.52. The Morgan fingerprint density at radius 1 is 1.03 bits per heavy atom. The Balaban J connectivity index is 1.56.